The lowest BCUT2D eigenvalue weighted by atomic mass is 9.80. The summed E-state index contributed by atoms with van der Waals surface area (Å²) >= 11 is 0. The van der Waals surface area contributed by atoms with E-state index in [0.717, 1.165) is 30.5 Å². The lowest BCUT2D eigenvalue weighted by Crippen LogP contribution is -2.57. The van der Waals surface area contributed by atoms with Crippen molar-refractivity contribution in [3.05, 3.63) is 66.2 Å². The van der Waals surface area contributed by atoms with Gasteiger partial charge in [0.25, 0.3) is 5.91 Å². The number of aromatic nitrogens is 3. The SMILES string of the molecule is COC[C@]1(O)CCCC[C@H]1n1cnc(C(=O)N2CCN(C(=O)OC(C)(C)C)C[C@H]2CCOc2ccc(C(F)(F)F)cn2)c1-c1ccccc1. The first kappa shape index (κ1) is 36.1. The van der Waals surface area contributed by atoms with Crippen molar-refractivity contribution in [3.8, 4) is 17.1 Å². The Balaban J connectivity index is 1.44. The molecule has 1 aromatic carbocycles. The second-order valence-electron chi connectivity index (χ2n) is 13.6. The Hall–Kier alpha value is -4.17. The number of halogens is 3. The molecule has 3 aromatic rings. The smallest absolute Gasteiger partial charge is 0.417 e. The summed E-state index contributed by atoms with van der Waals surface area (Å²) in [7, 11) is 1.55. The summed E-state index contributed by atoms with van der Waals surface area (Å²) < 4.78 is 57.7. The summed E-state index contributed by atoms with van der Waals surface area (Å²) in [4.78, 5) is 39.2. The van der Waals surface area contributed by atoms with Crippen molar-refractivity contribution in [2.75, 3.05) is 40.0 Å². The Morgan fingerprint density at radius 2 is 1.80 bits per heavy atom. The monoisotopic (exact) mass is 687 g/mol. The van der Waals surface area contributed by atoms with Crippen LogP contribution in [0, 0.1) is 0 Å². The van der Waals surface area contributed by atoms with E-state index in [2.05, 4.69) is 9.97 Å². The minimum atomic E-state index is -4.52. The molecule has 0 spiro atoms. The fraction of sp³-hybridized carbons (Fsp3) is 0.543. The van der Waals surface area contributed by atoms with Crippen LogP contribution >= 0.6 is 0 Å². The van der Waals surface area contributed by atoms with Crippen molar-refractivity contribution in [2.24, 2.45) is 0 Å². The Kier molecular flexibility index (Phi) is 10.9. The number of nitrogens with zero attached hydrogens (tertiary/aromatic N) is 5. The Labute approximate surface area is 284 Å². The first-order valence-electron chi connectivity index (χ1n) is 16.5. The summed E-state index contributed by atoms with van der Waals surface area (Å²) in [6.07, 6.45) is 0.490. The van der Waals surface area contributed by atoms with Crippen LogP contribution < -0.4 is 4.74 Å². The second-order valence-corrected chi connectivity index (χ2v) is 13.6. The van der Waals surface area contributed by atoms with Crippen LogP contribution in [0.5, 0.6) is 5.88 Å². The minimum absolute atomic E-state index is 0.00631. The minimum Gasteiger partial charge on any atom is -0.478 e. The van der Waals surface area contributed by atoms with Crippen LogP contribution in [0.1, 0.15) is 75.0 Å². The summed E-state index contributed by atoms with van der Waals surface area (Å²) in [5.41, 5.74) is -1.22. The molecule has 1 N–H and O–H groups in total. The molecular formula is C35H44F3N5O6. The zero-order chi connectivity index (χ0) is 35.4. The molecule has 0 unspecified atom stereocenters. The number of alkyl halides is 3. The van der Waals surface area contributed by atoms with Crippen molar-refractivity contribution >= 4 is 12.0 Å². The van der Waals surface area contributed by atoms with Crippen molar-refractivity contribution in [1.29, 1.82) is 0 Å². The van der Waals surface area contributed by atoms with Gasteiger partial charge in [-0.05, 0) is 39.7 Å². The van der Waals surface area contributed by atoms with Crippen LogP contribution in [0.15, 0.2) is 55.0 Å². The molecule has 1 aliphatic heterocycles. The lowest BCUT2D eigenvalue weighted by Gasteiger charge is -2.42. The average Bonchev–Trinajstić information content (AvgIpc) is 3.49. The van der Waals surface area contributed by atoms with Crippen molar-refractivity contribution in [2.45, 2.75) is 82.3 Å². The maximum absolute atomic E-state index is 14.5. The molecular weight excluding hydrogens is 643 g/mol. The number of carbonyl (C=O) groups excluding carboxylic acids is 2. The van der Waals surface area contributed by atoms with E-state index in [1.165, 1.54) is 0 Å². The van der Waals surface area contributed by atoms with Gasteiger partial charge in [-0.3, -0.25) is 4.79 Å². The van der Waals surface area contributed by atoms with Crippen LogP contribution in [0.3, 0.4) is 0 Å². The topological polar surface area (TPSA) is 119 Å². The van der Waals surface area contributed by atoms with Crippen LogP contribution in [-0.4, -0.2) is 98.6 Å². The van der Waals surface area contributed by atoms with Crippen LogP contribution in [-0.2, 0) is 15.7 Å². The molecule has 5 rings (SSSR count). The Morgan fingerprint density at radius 1 is 1.04 bits per heavy atom. The highest BCUT2D eigenvalue weighted by atomic mass is 19.4. The molecule has 11 nitrogen and oxygen atoms in total. The number of rotatable bonds is 9. The van der Waals surface area contributed by atoms with E-state index < -0.39 is 35.1 Å². The van der Waals surface area contributed by atoms with Gasteiger partial charge < -0.3 is 33.7 Å². The fourth-order valence-corrected chi connectivity index (χ4v) is 6.59. The second kappa shape index (κ2) is 14.8. The molecule has 2 aromatic heterocycles. The summed E-state index contributed by atoms with van der Waals surface area (Å²) in [6.45, 7) is 6.01. The normalized spacial score (nSPS) is 21.8. The number of pyridine rings is 1. The zero-order valence-electron chi connectivity index (χ0n) is 28.3. The van der Waals surface area contributed by atoms with Gasteiger partial charge in [-0.25, -0.2) is 14.8 Å². The number of hydrogen-bond donors (Lipinski definition) is 1. The maximum Gasteiger partial charge on any atom is 0.417 e. The largest absolute Gasteiger partial charge is 0.478 e. The Bertz CT molecular complexity index is 1570. The van der Waals surface area contributed by atoms with Gasteiger partial charge in [0.15, 0.2) is 5.69 Å². The zero-order valence-corrected chi connectivity index (χ0v) is 28.3. The molecule has 49 heavy (non-hydrogen) atoms. The third kappa shape index (κ3) is 8.53. The van der Waals surface area contributed by atoms with Gasteiger partial charge in [0.05, 0.1) is 42.9 Å². The molecule has 3 heterocycles. The molecule has 0 radical (unpaired) electrons. The van der Waals surface area contributed by atoms with E-state index in [4.69, 9.17) is 14.2 Å². The van der Waals surface area contributed by atoms with Gasteiger partial charge in [-0.2, -0.15) is 13.2 Å². The molecule has 1 aliphatic carbocycles. The maximum atomic E-state index is 14.5. The van der Waals surface area contributed by atoms with Gasteiger partial charge in [-0.15, -0.1) is 0 Å². The number of aliphatic hydroxyl groups is 1. The molecule has 3 atom stereocenters. The molecule has 2 fully saturated rings. The quantitative estimate of drug-likeness (QED) is 0.292. The number of imidazole rings is 1. The molecule has 1 saturated heterocycles. The number of hydrogen-bond acceptors (Lipinski definition) is 8. The van der Waals surface area contributed by atoms with Crippen LogP contribution in [0.2, 0.25) is 0 Å². The van der Waals surface area contributed by atoms with Gasteiger partial charge >= 0.3 is 12.3 Å². The van der Waals surface area contributed by atoms with Crippen molar-refractivity contribution in [3.63, 3.8) is 0 Å². The molecule has 14 heteroatoms. The molecule has 266 valence electrons. The summed E-state index contributed by atoms with van der Waals surface area (Å²) in [6, 6.07) is 10.5. The standard InChI is InChI=1S/C35H44F3N5O6/c1-33(2,3)49-32(45)41-17-18-42(26(21-41)15-19-48-28-14-13-25(20-39-28)35(36,37)38)31(44)29-30(24-10-6-5-7-11-24)43(23-40-29)27-12-8-9-16-34(27,46)22-47-4/h5-7,10-11,13-14,20,23,26-27,46H,8-9,12,15-19,21-22H2,1-4H3/t26-,27-,34-/m1/s1. The fourth-order valence-electron chi connectivity index (χ4n) is 6.59. The first-order valence-corrected chi connectivity index (χ1v) is 16.5. The number of benzene rings is 1. The van der Waals surface area contributed by atoms with E-state index in [1.807, 2.05) is 34.9 Å². The van der Waals surface area contributed by atoms with E-state index >= 15 is 0 Å². The highest BCUT2D eigenvalue weighted by molar-refractivity contribution is 5.98. The van der Waals surface area contributed by atoms with Crippen molar-refractivity contribution < 1.29 is 42.1 Å². The van der Waals surface area contributed by atoms with Gasteiger partial charge in [-0.1, -0.05) is 43.2 Å². The van der Waals surface area contributed by atoms with Crippen LogP contribution in [0.4, 0.5) is 18.0 Å². The number of amides is 2. The van der Waals surface area contributed by atoms with Crippen LogP contribution in [0.25, 0.3) is 11.3 Å². The summed E-state index contributed by atoms with van der Waals surface area (Å²) in [5, 5.41) is 11.7. The predicted octanol–water partition coefficient (Wildman–Crippen LogP) is 5.99. The number of ether oxygens (including phenoxy) is 3. The first-order chi connectivity index (χ1) is 23.2. The number of methoxy groups -OCH3 is 1. The average molecular weight is 688 g/mol. The molecule has 2 aliphatic rings. The third-order valence-electron chi connectivity index (χ3n) is 8.89. The Morgan fingerprint density at radius 3 is 2.45 bits per heavy atom. The van der Waals surface area contributed by atoms with E-state index in [9.17, 15) is 27.9 Å². The highest BCUT2D eigenvalue weighted by Crippen LogP contribution is 2.41. The predicted molar refractivity (Wildman–Crippen MR) is 174 cm³/mol. The van der Waals surface area contributed by atoms with Gasteiger partial charge in [0.1, 0.15) is 11.2 Å². The number of carbonyl (C=O) groups is 2. The highest BCUT2D eigenvalue weighted by Gasteiger charge is 2.43. The van der Waals surface area contributed by atoms with Crippen molar-refractivity contribution in [1.82, 2.24) is 24.3 Å². The molecule has 1 saturated carbocycles. The van der Waals surface area contributed by atoms with Gasteiger partial charge in [0.2, 0.25) is 5.88 Å². The van der Waals surface area contributed by atoms with Gasteiger partial charge in [0, 0.05) is 51.0 Å². The van der Waals surface area contributed by atoms with E-state index in [-0.39, 0.29) is 62.8 Å². The molecule has 2 amide bonds. The third-order valence-corrected chi connectivity index (χ3v) is 8.89. The number of piperazine rings is 1. The van der Waals surface area contributed by atoms with E-state index in [0.29, 0.717) is 24.7 Å². The lowest BCUT2D eigenvalue weighted by molar-refractivity contribution is -0.137. The summed E-state index contributed by atoms with van der Waals surface area (Å²) in [5.74, 6) is -0.350. The van der Waals surface area contributed by atoms with E-state index in [1.54, 1.807) is 44.0 Å². The molecule has 0 bridgehead atoms.